The van der Waals surface area contributed by atoms with Gasteiger partial charge in [0.1, 0.15) is 0 Å². The van der Waals surface area contributed by atoms with Gasteiger partial charge in [-0.3, -0.25) is 0 Å². The lowest BCUT2D eigenvalue weighted by molar-refractivity contribution is 0.439. The van der Waals surface area contributed by atoms with Crippen molar-refractivity contribution < 1.29 is 8.78 Å². The van der Waals surface area contributed by atoms with Crippen LogP contribution in [0, 0.1) is 17.6 Å². The minimum atomic E-state index is -0.808. The van der Waals surface area contributed by atoms with E-state index >= 15 is 0 Å². The van der Waals surface area contributed by atoms with E-state index < -0.39 is 11.6 Å². The van der Waals surface area contributed by atoms with E-state index in [4.69, 9.17) is 5.73 Å². The molecule has 0 spiro atoms. The van der Waals surface area contributed by atoms with Crippen LogP contribution in [0.2, 0.25) is 0 Å². The molecular formula is C12H15F2N. The molecule has 1 saturated carbocycles. The molecule has 1 nitrogen and oxygen atoms in total. The van der Waals surface area contributed by atoms with Gasteiger partial charge in [-0.25, -0.2) is 8.78 Å². The van der Waals surface area contributed by atoms with Crippen molar-refractivity contribution in [2.24, 2.45) is 11.7 Å². The molecule has 1 aromatic carbocycles. The van der Waals surface area contributed by atoms with E-state index in [1.54, 1.807) is 6.07 Å². The first-order valence-electron chi connectivity index (χ1n) is 5.39. The van der Waals surface area contributed by atoms with Crippen molar-refractivity contribution in [1.29, 1.82) is 0 Å². The maximum absolute atomic E-state index is 13.0. The Morgan fingerprint density at radius 1 is 1.13 bits per heavy atom. The highest BCUT2D eigenvalue weighted by Crippen LogP contribution is 2.34. The standard InChI is InChI=1S/C12H15F2N/c13-10-6-5-9(7-11(10)14)12(15)8-3-1-2-4-8/h5-8,12H,1-4,15H2/t12-/m0/s1. The lowest BCUT2D eigenvalue weighted by atomic mass is 9.92. The van der Waals surface area contributed by atoms with Gasteiger partial charge in [-0.15, -0.1) is 0 Å². The van der Waals surface area contributed by atoms with E-state index in [1.165, 1.54) is 18.9 Å². The second kappa shape index (κ2) is 4.27. The highest BCUT2D eigenvalue weighted by molar-refractivity contribution is 5.21. The summed E-state index contributed by atoms with van der Waals surface area (Å²) in [5.74, 6) is -1.19. The highest BCUT2D eigenvalue weighted by atomic mass is 19.2. The molecule has 0 heterocycles. The minimum Gasteiger partial charge on any atom is -0.324 e. The SMILES string of the molecule is N[C@H](c1ccc(F)c(F)c1)C1CCCC1. The summed E-state index contributed by atoms with van der Waals surface area (Å²) in [6.45, 7) is 0. The van der Waals surface area contributed by atoms with Crippen LogP contribution in [-0.4, -0.2) is 0 Å². The van der Waals surface area contributed by atoms with Gasteiger partial charge >= 0.3 is 0 Å². The van der Waals surface area contributed by atoms with Crippen LogP contribution < -0.4 is 5.73 Å². The summed E-state index contributed by atoms with van der Waals surface area (Å²) in [4.78, 5) is 0. The number of hydrogen-bond donors (Lipinski definition) is 1. The Kier molecular flexibility index (Phi) is 3.00. The van der Waals surface area contributed by atoms with Gasteiger partial charge in [0.25, 0.3) is 0 Å². The van der Waals surface area contributed by atoms with Gasteiger partial charge in [0.15, 0.2) is 11.6 Å². The van der Waals surface area contributed by atoms with Crippen molar-refractivity contribution in [1.82, 2.24) is 0 Å². The molecule has 82 valence electrons. The maximum Gasteiger partial charge on any atom is 0.159 e. The largest absolute Gasteiger partial charge is 0.324 e. The normalized spacial score (nSPS) is 19.4. The Morgan fingerprint density at radius 3 is 2.40 bits per heavy atom. The number of nitrogens with two attached hydrogens (primary N) is 1. The molecule has 0 radical (unpaired) electrons. The first kappa shape index (κ1) is 10.6. The fourth-order valence-electron chi connectivity index (χ4n) is 2.31. The van der Waals surface area contributed by atoms with E-state index in [0.717, 1.165) is 18.9 Å². The molecule has 0 saturated heterocycles. The zero-order chi connectivity index (χ0) is 10.8. The quantitative estimate of drug-likeness (QED) is 0.799. The van der Waals surface area contributed by atoms with E-state index in [1.807, 2.05) is 0 Å². The predicted octanol–water partition coefficient (Wildman–Crippen LogP) is 3.15. The topological polar surface area (TPSA) is 26.0 Å². The van der Waals surface area contributed by atoms with Gasteiger partial charge in [-0.1, -0.05) is 18.9 Å². The average Bonchev–Trinajstić information content (AvgIpc) is 2.74. The van der Waals surface area contributed by atoms with E-state index in [2.05, 4.69) is 0 Å². The van der Waals surface area contributed by atoms with Gasteiger partial charge < -0.3 is 5.73 Å². The van der Waals surface area contributed by atoms with Gasteiger partial charge in [0.2, 0.25) is 0 Å². The van der Waals surface area contributed by atoms with Crippen LogP contribution in [0.25, 0.3) is 0 Å². The minimum absolute atomic E-state index is 0.150. The van der Waals surface area contributed by atoms with Crippen LogP contribution in [0.15, 0.2) is 18.2 Å². The molecule has 0 amide bonds. The first-order valence-corrected chi connectivity index (χ1v) is 5.39. The lowest BCUT2D eigenvalue weighted by Gasteiger charge is -2.19. The Morgan fingerprint density at radius 2 is 1.80 bits per heavy atom. The van der Waals surface area contributed by atoms with Crippen LogP contribution in [0.5, 0.6) is 0 Å². The molecule has 2 rings (SSSR count). The highest BCUT2D eigenvalue weighted by Gasteiger charge is 2.23. The summed E-state index contributed by atoms with van der Waals surface area (Å²) in [5.41, 5.74) is 6.74. The summed E-state index contributed by atoms with van der Waals surface area (Å²) in [7, 11) is 0. The fourth-order valence-corrected chi connectivity index (χ4v) is 2.31. The molecule has 0 bridgehead atoms. The molecule has 0 aliphatic heterocycles. The summed E-state index contributed by atoms with van der Waals surface area (Å²) in [6, 6.07) is 3.81. The second-order valence-electron chi connectivity index (χ2n) is 4.24. The Balaban J connectivity index is 2.17. The summed E-state index contributed by atoms with van der Waals surface area (Å²) < 4.78 is 25.7. The van der Waals surface area contributed by atoms with Crippen LogP contribution in [0.3, 0.4) is 0 Å². The average molecular weight is 211 g/mol. The number of benzene rings is 1. The van der Waals surface area contributed by atoms with Crippen LogP contribution in [0.1, 0.15) is 37.3 Å². The molecule has 1 aliphatic rings. The lowest BCUT2D eigenvalue weighted by Crippen LogP contribution is -2.19. The van der Waals surface area contributed by atoms with Gasteiger partial charge in [-0.2, -0.15) is 0 Å². The zero-order valence-electron chi connectivity index (χ0n) is 8.55. The monoisotopic (exact) mass is 211 g/mol. The van der Waals surface area contributed by atoms with Crippen molar-refractivity contribution >= 4 is 0 Å². The third kappa shape index (κ3) is 2.17. The van der Waals surface area contributed by atoms with Crippen molar-refractivity contribution in [3.8, 4) is 0 Å². The molecule has 1 fully saturated rings. The van der Waals surface area contributed by atoms with Crippen LogP contribution in [0.4, 0.5) is 8.78 Å². The Labute approximate surface area is 88.3 Å². The smallest absolute Gasteiger partial charge is 0.159 e. The van der Waals surface area contributed by atoms with E-state index in [9.17, 15) is 8.78 Å². The van der Waals surface area contributed by atoms with Crippen molar-refractivity contribution in [2.45, 2.75) is 31.7 Å². The van der Waals surface area contributed by atoms with Gasteiger partial charge in [0, 0.05) is 6.04 Å². The summed E-state index contributed by atoms with van der Waals surface area (Å²) >= 11 is 0. The number of halogens is 2. The summed E-state index contributed by atoms with van der Waals surface area (Å²) in [6.07, 6.45) is 4.59. The molecule has 2 N–H and O–H groups in total. The number of rotatable bonds is 2. The van der Waals surface area contributed by atoms with E-state index in [-0.39, 0.29) is 6.04 Å². The molecular weight excluding hydrogens is 196 g/mol. The maximum atomic E-state index is 13.0. The molecule has 3 heteroatoms. The zero-order valence-corrected chi connectivity index (χ0v) is 8.55. The van der Waals surface area contributed by atoms with Gasteiger partial charge in [0.05, 0.1) is 0 Å². The predicted molar refractivity (Wildman–Crippen MR) is 55.2 cm³/mol. The third-order valence-corrected chi connectivity index (χ3v) is 3.24. The van der Waals surface area contributed by atoms with Crippen LogP contribution >= 0.6 is 0 Å². The van der Waals surface area contributed by atoms with Crippen molar-refractivity contribution in [3.63, 3.8) is 0 Å². The van der Waals surface area contributed by atoms with Gasteiger partial charge in [-0.05, 0) is 36.5 Å². The molecule has 15 heavy (non-hydrogen) atoms. The molecule has 1 aliphatic carbocycles. The molecule has 0 unspecified atom stereocenters. The first-order chi connectivity index (χ1) is 7.18. The fraction of sp³-hybridized carbons (Fsp3) is 0.500. The molecule has 1 aromatic rings. The third-order valence-electron chi connectivity index (χ3n) is 3.24. The second-order valence-corrected chi connectivity index (χ2v) is 4.24. The van der Waals surface area contributed by atoms with Crippen LogP contribution in [-0.2, 0) is 0 Å². The van der Waals surface area contributed by atoms with Crippen molar-refractivity contribution in [2.75, 3.05) is 0 Å². The Hall–Kier alpha value is -0.960. The number of hydrogen-bond acceptors (Lipinski definition) is 1. The Bertz CT molecular complexity index is 345. The van der Waals surface area contributed by atoms with E-state index in [0.29, 0.717) is 11.5 Å². The molecule has 0 aromatic heterocycles. The molecule has 1 atom stereocenters. The van der Waals surface area contributed by atoms with Crippen molar-refractivity contribution in [3.05, 3.63) is 35.4 Å². The summed E-state index contributed by atoms with van der Waals surface area (Å²) in [5, 5.41) is 0.